The van der Waals surface area contributed by atoms with Gasteiger partial charge >= 0.3 is 6.03 Å². The fourth-order valence-corrected chi connectivity index (χ4v) is 2.48. The molecule has 3 N–H and O–H groups in total. The Bertz CT molecular complexity index is 1040. The molecule has 148 valence electrons. The van der Waals surface area contributed by atoms with Crippen LogP contribution in [0, 0.1) is 11.6 Å². The first-order chi connectivity index (χ1) is 13.9. The molecule has 0 radical (unpaired) electrons. The number of nitrogens with one attached hydrogen (secondary N) is 3. The second-order valence-corrected chi connectivity index (χ2v) is 5.94. The Morgan fingerprint density at radius 2 is 1.52 bits per heavy atom. The van der Waals surface area contributed by atoms with Crippen molar-refractivity contribution in [2.75, 3.05) is 17.7 Å². The Morgan fingerprint density at radius 1 is 0.828 bits per heavy atom. The van der Waals surface area contributed by atoms with Gasteiger partial charge in [-0.25, -0.2) is 13.6 Å². The number of hydrogen-bond donors (Lipinski definition) is 3. The molecule has 0 aliphatic rings. The summed E-state index contributed by atoms with van der Waals surface area (Å²) in [6, 6.07) is 15.2. The number of anilines is 2. The van der Waals surface area contributed by atoms with Gasteiger partial charge in [-0.2, -0.15) is 0 Å². The summed E-state index contributed by atoms with van der Waals surface area (Å²) in [4.78, 5) is 23.6. The molecule has 3 amide bonds. The second kappa shape index (κ2) is 8.83. The molecule has 0 aliphatic heterocycles. The van der Waals surface area contributed by atoms with Crippen LogP contribution in [0.1, 0.15) is 10.4 Å². The third kappa shape index (κ3) is 5.29. The van der Waals surface area contributed by atoms with Gasteiger partial charge in [0.25, 0.3) is 5.91 Å². The lowest BCUT2D eigenvalue weighted by Gasteiger charge is -2.10. The summed E-state index contributed by atoms with van der Waals surface area (Å²) in [6.45, 7) is 0. The van der Waals surface area contributed by atoms with Gasteiger partial charge in [-0.3, -0.25) is 4.79 Å². The number of benzene rings is 3. The summed E-state index contributed by atoms with van der Waals surface area (Å²) in [7, 11) is 1.41. The summed E-state index contributed by atoms with van der Waals surface area (Å²) in [5.74, 6) is -0.952. The number of ether oxygens (including phenoxy) is 1. The van der Waals surface area contributed by atoms with Crippen LogP contribution < -0.4 is 20.7 Å². The van der Waals surface area contributed by atoms with E-state index in [1.54, 1.807) is 30.3 Å². The van der Waals surface area contributed by atoms with Gasteiger partial charge < -0.3 is 20.7 Å². The minimum atomic E-state index is -0.652. The van der Waals surface area contributed by atoms with Gasteiger partial charge in [0.2, 0.25) is 0 Å². The lowest BCUT2D eigenvalue weighted by atomic mass is 10.2. The molecule has 0 saturated heterocycles. The van der Waals surface area contributed by atoms with Gasteiger partial charge in [0.1, 0.15) is 23.1 Å². The lowest BCUT2D eigenvalue weighted by Crippen LogP contribution is -2.19. The molecular weight excluding hydrogens is 380 g/mol. The van der Waals surface area contributed by atoms with Gasteiger partial charge in [-0.05, 0) is 60.7 Å². The molecule has 0 unspecified atom stereocenters. The Morgan fingerprint density at radius 3 is 2.21 bits per heavy atom. The molecule has 0 saturated carbocycles. The summed E-state index contributed by atoms with van der Waals surface area (Å²) >= 11 is 0. The molecule has 3 aromatic carbocycles. The van der Waals surface area contributed by atoms with E-state index in [9.17, 15) is 18.4 Å². The fraction of sp³-hybridized carbons (Fsp3) is 0.0476. The van der Waals surface area contributed by atoms with Gasteiger partial charge in [-0.15, -0.1) is 0 Å². The van der Waals surface area contributed by atoms with Crippen LogP contribution in [0.3, 0.4) is 0 Å². The predicted molar refractivity (Wildman–Crippen MR) is 105 cm³/mol. The zero-order valence-corrected chi connectivity index (χ0v) is 15.3. The van der Waals surface area contributed by atoms with E-state index in [4.69, 9.17) is 4.74 Å². The Labute approximate surface area is 165 Å². The van der Waals surface area contributed by atoms with Gasteiger partial charge in [0.05, 0.1) is 5.56 Å². The first-order valence-electron chi connectivity index (χ1n) is 8.58. The topological polar surface area (TPSA) is 79.5 Å². The quantitative estimate of drug-likeness (QED) is 0.581. The third-order valence-corrected chi connectivity index (χ3v) is 3.84. The van der Waals surface area contributed by atoms with E-state index in [1.165, 1.54) is 37.4 Å². The van der Waals surface area contributed by atoms with E-state index in [2.05, 4.69) is 16.0 Å². The highest BCUT2D eigenvalue weighted by atomic mass is 19.1. The highest BCUT2D eigenvalue weighted by molar-refractivity contribution is 5.99. The van der Waals surface area contributed by atoms with E-state index < -0.39 is 23.6 Å². The average Bonchev–Trinajstić information content (AvgIpc) is 2.70. The molecule has 0 spiro atoms. The number of carbonyl (C=O) groups is 2. The highest BCUT2D eigenvalue weighted by Gasteiger charge is 2.12. The maximum absolute atomic E-state index is 13.7. The number of hydrogen-bond acceptors (Lipinski definition) is 3. The maximum atomic E-state index is 13.7. The van der Waals surface area contributed by atoms with Crippen molar-refractivity contribution in [2.24, 2.45) is 0 Å². The maximum Gasteiger partial charge on any atom is 0.323 e. The van der Waals surface area contributed by atoms with Gasteiger partial charge in [-0.1, -0.05) is 6.07 Å². The first-order valence-corrected chi connectivity index (χ1v) is 8.58. The highest BCUT2D eigenvalue weighted by Crippen LogP contribution is 2.25. The van der Waals surface area contributed by atoms with Crippen molar-refractivity contribution in [2.45, 2.75) is 0 Å². The Balaban J connectivity index is 1.63. The molecule has 0 bridgehead atoms. The Hall–Kier alpha value is -3.94. The van der Waals surface area contributed by atoms with Crippen LogP contribution in [0.15, 0.2) is 66.7 Å². The predicted octanol–water partition coefficient (Wildman–Crippen LogP) is 4.76. The summed E-state index contributed by atoms with van der Waals surface area (Å²) in [5, 5.41) is 7.49. The molecule has 0 atom stereocenters. The molecule has 3 rings (SSSR count). The SMILES string of the molecule is CNC(=O)c1cc(Oc2ccc(NC(=O)Nc3cccc(F)c3)cc2)ccc1F. The normalized spacial score (nSPS) is 10.2. The van der Waals surface area contributed by atoms with Crippen LogP contribution in [0.25, 0.3) is 0 Å². The molecule has 3 aromatic rings. The van der Waals surface area contributed by atoms with Crippen LogP contribution in [-0.4, -0.2) is 19.0 Å². The molecule has 0 heterocycles. The van der Waals surface area contributed by atoms with Crippen LogP contribution in [0.4, 0.5) is 25.0 Å². The average molecular weight is 397 g/mol. The number of amides is 3. The largest absolute Gasteiger partial charge is 0.457 e. The smallest absolute Gasteiger partial charge is 0.323 e. The van der Waals surface area contributed by atoms with Crippen LogP contribution >= 0.6 is 0 Å². The van der Waals surface area contributed by atoms with Crippen LogP contribution in [0.5, 0.6) is 11.5 Å². The van der Waals surface area contributed by atoms with Crippen LogP contribution in [0.2, 0.25) is 0 Å². The molecule has 0 aliphatic carbocycles. The van der Waals surface area contributed by atoms with Crippen molar-refractivity contribution in [3.63, 3.8) is 0 Å². The summed E-state index contributed by atoms with van der Waals surface area (Å²) in [6.07, 6.45) is 0. The fourth-order valence-electron chi connectivity index (χ4n) is 2.48. The number of carbonyl (C=O) groups excluding carboxylic acids is 2. The van der Waals surface area contributed by atoms with Crippen molar-refractivity contribution in [1.29, 1.82) is 0 Å². The number of halogens is 2. The van der Waals surface area contributed by atoms with Crippen molar-refractivity contribution in [1.82, 2.24) is 5.32 Å². The van der Waals surface area contributed by atoms with E-state index >= 15 is 0 Å². The zero-order valence-electron chi connectivity index (χ0n) is 15.3. The van der Waals surface area contributed by atoms with Gasteiger partial charge in [0.15, 0.2) is 0 Å². The van der Waals surface area contributed by atoms with E-state index in [1.807, 2.05) is 0 Å². The Kier molecular flexibility index (Phi) is 6.03. The van der Waals surface area contributed by atoms with Crippen molar-refractivity contribution in [3.8, 4) is 11.5 Å². The van der Waals surface area contributed by atoms with Gasteiger partial charge in [0, 0.05) is 18.4 Å². The van der Waals surface area contributed by atoms with Crippen LogP contribution in [-0.2, 0) is 0 Å². The number of urea groups is 1. The lowest BCUT2D eigenvalue weighted by molar-refractivity contribution is 0.0958. The summed E-state index contributed by atoms with van der Waals surface area (Å²) in [5.41, 5.74) is 0.680. The minimum Gasteiger partial charge on any atom is -0.457 e. The number of rotatable bonds is 5. The molecule has 29 heavy (non-hydrogen) atoms. The molecular formula is C21H17F2N3O3. The van der Waals surface area contributed by atoms with E-state index in [0.29, 0.717) is 17.1 Å². The first kappa shape index (κ1) is 19.8. The monoisotopic (exact) mass is 397 g/mol. The molecule has 0 aromatic heterocycles. The van der Waals surface area contributed by atoms with Crippen molar-refractivity contribution in [3.05, 3.63) is 83.9 Å². The molecule has 6 nitrogen and oxygen atoms in total. The molecule has 8 heteroatoms. The molecule has 0 fully saturated rings. The third-order valence-electron chi connectivity index (χ3n) is 3.84. The van der Waals surface area contributed by atoms with Crippen molar-refractivity contribution >= 4 is 23.3 Å². The van der Waals surface area contributed by atoms with Crippen molar-refractivity contribution < 1.29 is 23.1 Å². The summed E-state index contributed by atoms with van der Waals surface area (Å²) < 4.78 is 32.5. The standard InChI is InChI=1S/C21H17F2N3O3/c1-24-20(27)18-12-17(9-10-19(18)23)29-16-7-5-14(6-8-16)25-21(28)26-15-4-2-3-13(22)11-15/h2-12H,1H3,(H,24,27)(H2,25,26,28). The zero-order chi connectivity index (χ0) is 20.8. The van der Waals surface area contributed by atoms with E-state index in [0.717, 1.165) is 6.07 Å². The minimum absolute atomic E-state index is 0.127. The van der Waals surface area contributed by atoms with E-state index in [-0.39, 0.29) is 11.3 Å². The second-order valence-electron chi connectivity index (χ2n) is 5.94.